The van der Waals surface area contributed by atoms with Gasteiger partial charge in [0.15, 0.2) is 5.78 Å². The number of aromatic amines is 1. The molecule has 0 radical (unpaired) electrons. The number of rotatable bonds is 0. The van der Waals surface area contributed by atoms with Crippen LogP contribution in [0.25, 0.3) is 0 Å². The Morgan fingerprint density at radius 3 is 3.27 bits per heavy atom. The molecule has 1 aliphatic rings. The maximum absolute atomic E-state index is 11.1. The number of ketones is 1. The molecular weight excluding hydrogens is 144 g/mol. The average molecular weight is 152 g/mol. The van der Waals surface area contributed by atoms with Gasteiger partial charge in [0, 0.05) is 18.5 Å². The second-order valence-corrected chi connectivity index (χ2v) is 2.71. The number of nitrogens with one attached hydrogen (secondary N) is 1. The van der Waals surface area contributed by atoms with E-state index in [-0.39, 0.29) is 12.2 Å². The van der Waals surface area contributed by atoms with E-state index < -0.39 is 6.10 Å². The number of hydrogen-bond acceptors (Lipinski definition) is 3. The number of H-pyrrole nitrogens is 1. The summed E-state index contributed by atoms with van der Waals surface area (Å²) in [5.41, 5.74) is 1.25. The number of aromatic nitrogens is 2. The highest BCUT2D eigenvalue weighted by Crippen LogP contribution is 2.17. The van der Waals surface area contributed by atoms with Crippen LogP contribution in [0.1, 0.15) is 22.6 Å². The van der Waals surface area contributed by atoms with Gasteiger partial charge in [0.1, 0.15) is 5.69 Å². The van der Waals surface area contributed by atoms with E-state index in [0.29, 0.717) is 12.1 Å². The molecular formula is C7H8N2O2. The van der Waals surface area contributed by atoms with E-state index in [9.17, 15) is 9.90 Å². The first-order valence-corrected chi connectivity index (χ1v) is 3.51. The van der Waals surface area contributed by atoms with Gasteiger partial charge in [0.25, 0.3) is 0 Å². The fourth-order valence-corrected chi connectivity index (χ4v) is 1.34. The van der Waals surface area contributed by atoms with E-state index in [1.165, 1.54) is 6.33 Å². The van der Waals surface area contributed by atoms with Crippen molar-refractivity contribution in [1.82, 2.24) is 9.97 Å². The van der Waals surface area contributed by atoms with Crippen LogP contribution in [0, 0.1) is 0 Å². The van der Waals surface area contributed by atoms with E-state index in [1.807, 2.05) is 0 Å². The first kappa shape index (κ1) is 6.54. The number of fused-ring (bicyclic) bond motifs is 1. The van der Waals surface area contributed by atoms with E-state index in [1.54, 1.807) is 0 Å². The Morgan fingerprint density at radius 1 is 1.64 bits per heavy atom. The largest absolute Gasteiger partial charge is 0.392 e. The van der Waals surface area contributed by atoms with Gasteiger partial charge in [-0.2, -0.15) is 0 Å². The minimum Gasteiger partial charge on any atom is -0.392 e. The minimum absolute atomic E-state index is 0.0694. The van der Waals surface area contributed by atoms with E-state index in [4.69, 9.17) is 0 Å². The normalized spacial score (nSPS) is 23.4. The van der Waals surface area contributed by atoms with E-state index in [0.717, 1.165) is 5.69 Å². The number of imidazole rings is 1. The molecule has 0 saturated heterocycles. The lowest BCUT2D eigenvalue weighted by molar-refractivity contribution is 0.0846. The highest BCUT2D eigenvalue weighted by molar-refractivity contribution is 5.96. The van der Waals surface area contributed by atoms with Crippen molar-refractivity contribution < 1.29 is 9.90 Å². The third-order valence-electron chi connectivity index (χ3n) is 1.84. The predicted octanol–water partition coefficient (Wildman–Crippen LogP) is -0.100. The summed E-state index contributed by atoms with van der Waals surface area (Å²) in [6.45, 7) is 0. The number of hydrogen-bond donors (Lipinski definition) is 2. The summed E-state index contributed by atoms with van der Waals surface area (Å²) < 4.78 is 0. The summed E-state index contributed by atoms with van der Waals surface area (Å²) in [5, 5.41) is 9.18. The molecule has 58 valence electrons. The van der Waals surface area contributed by atoms with Crippen molar-refractivity contribution in [2.75, 3.05) is 0 Å². The molecule has 0 bridgehead atoms. The third-order valence-corrected chi connectivity index (χ3v) is 1.84. The van der Waals surface area contributed by atoms with Crippen molar-refractivity contribution in [3.63, 3.8) is 0 Å². The topological polar surface area (TPSA) is 66.0 Å². The van der Waals surface area contributed by atoms with Gasteiger partial charge >= 0.3 is 0 Å². The molecule has 0 fully saturated rings. The van der Waals surface area contributed by atoms with E-state index in [2.05, 4.69) is 9.97 Å². The smallest absolute Gasteiger partial charge is 0.185 e. The molecule has 2 N–H and O–H groups in total. The predicted molar refractivity (Wildman–Crippen MR) is 37.2 cm³/mol. The fraction of sp³-hybridized carbons (Fsp3) is 0.429. The Kier molecular flexibility index (Phi) is 1.29. The number of aliphatic hydroxyl groups excluding tert-OH is 1. The van der Waals surface area contributed by atoms with Crippen molar-refractivity contribution in [3.05, 3.63) is 17.7 Å². The molecule has 0 aliphatic heterocycles. The van der Waals surface area contributed by atoms with Crippen LogP contribution in [-0.4, -0.2) is 27.0 Å². The third kappa shape index (κ3) is 0.952. The molecule has 0 saturated carbocycles. The maximum Gasteiger partial charge on any atom is 0.185 e. The lowest BCUT2D eigenvalue weighted by atomic mass is 9.97. The molecule has 2 rings (SSSR count). The lowest BCUT2D eigenvalue weighted by Gasteiger charge is -2.14. The Labute approximate surface area is 63.3 Å². The second-order valence-electron chi connectivity index (χ2n) is 2.71. The zero-order valence-corrected chi connectivity index (χ0v) is 5.87. The Hall–Kier alpha value is -1.16. The number of nitrogens with zero attached hydrogens (tertiary/aromatic N) is 1. The summed E-state index contributed by atoms with van der Waals surface area (Å²) in [6, 6.07) is 0. The van der Waals surface area contributed by atoms with Gasteiger partial charge in [-0.3, -0.25) is 4.79 Å². The van der Waals surface area contributed by atoms with Crippen molar-refractivity contribution in [2.24, 2.45) is 0 Å². The molecule has 0 aromatic carbocycles. The summed E-state index contributed by atoms with van der Waals surface area (Å²) >= 11 is 0. The maximum atomic E-state index is 11.1. The second kappa shape index (κ2) is 2.17. The highest BCUT2D eigenvalue weighted by atomic mass is 16.3. The lowest BCUT2D eigenvalue weighted by Crippen LogP contribution is -2.23. The molecule has 11 heavy (non-hydrogen) atoms. The van der Waals surface area contributed by atoms with Gasteiger partial charge in [0.2, 0.25) is 0 Å². The van der Waals surface area contributed by atoms with Crippen molar-refractivity contribution in [1.29, 1.82) is 0 Å². The molecule has 4 heteroatoms. The van der Waals surface area contributed by atoms with Gasteiger partial charge in [-0.1, -0.05) is 0 Å². The molecule has 1 heterocycles. The zero-order valence-electron chi connectivity index (χ0n) is 5.87. The van der Waals surface area contributed by atoms with Crippen molar-refractivity contribution >= 4 is 5.78 Å². The summed E-state index contributed by atoms with van der Waals surface area (Å²) in [7, 11) is 0. The van der Waals surface area contributed by atoms with Gasteiger partial charge in [-0.05, 0) is 0 Å². The number of Topliss-reactive ketones (excluding diaryl/α,β-unsaturated/α-hetero) is 1. The first-order chi connectivity index (χ1) is 5.27. The van der Waals surface area contributed by atoms with Crippen LogP contribution < -0.4 is 0 Å². The Balaban J connectivity index is 2.44. The summed E-state index contributed by atoms with van der Waals surface area (Å²) in [6.07, 6.45) is 1.68. The highest BCUT2D eigenvalue weighted by Gasteiger charge is 2.25. The molecule has 1 atom stereocenters. The molecule has 1 unspecified atom stereocenters. The van der Waals surface area contributed by atoms with Crippen LogP contribution in [0.4, 0.5) is 0 Å². The Morgan fingerprint density at radius 2 is 2.45 bits per heavy atom. The first-order valence-electron chi connectivity index (χ1n) is 3.51. The molecule has 0 amide bonds. The monoisotopic (exact) mass is 152 g/mol. The van der Waals surface area contributed by atoms with Crippen molar-refractivity contribution in [3.8, 4) is 0 Å². The van der Waals surface area contributed by atoms with Gasteiger partial charge in [0.05, 0.1) is 12.4 Å². The van der Waals surface area contributed by atoms with Crippen LogP contribution in [0.3, 0.4) is 0 Å². The van der Waals surface area contributed by atoms with Crippen LogP contribution in [0.5, 0.6) is 0 Å². The van der Waals surface area contributed by atoms with Gasteiger partial charge in [-0.15, -0.1) is 0 Å². The van der Waals surface area contributed by atoms with Crippen LogP contribution in [0.2, 0.25) is 0 Å². The summed E-state index contributed by atoms with van der Waals surface area (Å²) in [5.74, 6) is -0.0694. The van der Waals surface area contributed by atoms with Crippen molar-refractivity contribution in [2.45, 2.75) is 18.9 Å². The molecule has 1 aliphatic carbocycles. The number of carbonyl (C=O) groups excluding carboxylic acids is 1. The molecule has 0 spiro atoms. The number of aliphatic hydroxyl groups is 1. The van der Waals surface area contributed by atoms with E-state index >= 15 is 0 Å². The number of carbonyl (C=O) groups is 1. The fourth-order valence-electron chi connectivity index (χ4n) is 1.34. The minimum atomic E-state index is -0.532. The van der Waals surface area contributed by atoms with Gasteiger partial charge < -0.3 is 10.1 Å². The molecule has 1 aromatic rings. The van der Waals surface area contributed by atoms with Crippen LogP contribution >= 0.6 is 0 Å². The zero-order chi connectivity index (χ0) is 7.84. The Bertz CT molecular complexity index is 292. The molecule has 1 aromatic heterocycles. The molecule has 4 nitrogen and oxygen atoms in total. The standard InChI is InChI=1S/C7H8N2O2/c10-4-1-5-7(6(11)2-4)9-3-8-5/h3-4,10H,1-2H2,(H,8,9). The van der Waals surface area contributed by atoms with Crippen LogP contribution in [-0.2, 0) is 6.42 Å². The average Bonchev–Trinajstić information content (AvgIpc) is 2.34. The van der Waals surface area contributed by atoms with Crippen LogP contribution in [0.15, 0.2) is 6.33 Å². The quantitative estimate of drug-likeness (QED) is 0.545. The van der Waals surface area contributed by atoms with Gasteiger partial charge in [-0.25, -0.2) is 4.98 Å². The summed E-state index contributed by atoms with van der Waals surface area (Å²) in [4.78, 5) is 17.8. The SMILES string of the molecule is O=C1CC(O)Cc2[nH]cnc21.